The number of aromatic nitrogens is 2. The maximum atomic E-state index is 6.05. The molecule has 0 saturated heterocycles. The van der Waals surface area contributed by atoms with Gasteiger partial charge in [-0.15, -0.1) is 0 Å². The Morgan fingerprint density at radius 1 is 1.22 bits per heavy atom. The van der Waals surface area contributed by atoms with E-state index in [4.69, 9.17) is 27.9 Å². The summed E-state index contributed by atoms with van der Waals surface area (Å²) in [7, 11) is 0. The van der Waals surface area contributed by atoms with Gasteiger partial charge in [-0.2, -0.15) is 0 Å². The van der Waals surface area contributed by atoms with Gasteiger partial charge in [-0.05, 0) is 37.3 Å². The van der Waals surface area contributed by atoms with Gasteiger partial charge in [0.1, 0.15) is 5.15 Å². The lowest BCUT2D eigenvalue weighted by Crippen LogP contribution is -2.09. The molecule has 5 heteroatoms. The average Bonchev–Trinajstić information content (AvgIpc) is 2.79. The lowest BCUT2D eigenvalue weighted by Gasteiger charge is -2.11. The molecule has 1 aliphatic carbocycles. The van der Waals surface area contributed by atoms with Crippen molar-refractivity contribution < 1.29 is 4.74 Å². The Morgan fingerprint density at radius 3 is 2.61 bits per heavy atom. The van der Waals surface area contributed by atoms with Crippen LogP contribution in [0.5, 0.6) is 0 Å². The van der Waals surface area contributed by atoms with Crippen LogP contribution < -0.4 is 0 Å². The summed E-state index contributed by atoms with van der Waals surface area (Å²) < 4.78 is 5.71. The fraction of sp³-hybridized carbons (Fsp3) is 0.692. The first-order valence-electron chi connectivity index (χ1n) is 6.43. The Morgan fingerprint density at radius 2 is 1.94 bits per heavy atom. The van der Waals surface area contributed by atoms with Gasteiger partial charge in [0, 0.05) is 24.3 Å². The predicted molar refractivity (Wildman–Crippen MR) is 73.3 cm³/mol. The van der Waals surface area contributed by atoms with Crippen molar-refractivity contribution in [3.63, 3.8) is 0 Å². The highest BCUT2D eigenvalue weighted by molar-refractivity contribution is 6.32. The quantitative estimate of drug-likeness (QED) is 0.469. The zero-order chi connectivity index (χ0) is 13.0. The van der Waals surface area contributed by atoms with Crippen LogP contribution in [0, 0.1) is 12.8 Å². The molecule has 0 atom stereocenters. The first kappa shape index (κ1) is 14.0. The molecule has 0 bridgehead atoms. The van der Waals surface area contributed by atoms with Crippen LogP contribution >= 0.6 is 23.2 Å². The van der Waals surface area contributed by atoms with E-state index in [1.54, 1.807) is 0 Å². The molecule has 1 fully saturated rings. The molecular formula is C13H18Cl2N2O. The third-order valence-corrected chi connectivity index (χ3v) is 3.94. The minimum absolute atomic E-state index is 0.202. The minimum atomic E-state index is 0.202. The first-order chi connectivity index (χ1) is 8.66. The third-order valence-electron chi connectivity index (χ3n) is 3.46. The van der Waals surface area contributed by atoms with Crippen molar-refractivity contribution in [1.29, 1.82) is 0 Å². The first-order valence-corrected chi connectivity index (χ1v) is 7.18. The van der Waals surface area contributed by atoms with E-state index in [0.717, 1.165) is 30.2 Å². The van der Waals surface area contributed by atoms with Crippen LogP contribution in [0.4, 0.5) is 0 Å². The molecule has 0 N–H and O–H groups in total. The minimum Gasteiger partial charge on any atom is -0.381 e. The van der Waals surface area contributed by atoms with Crippen LogP contribution in [-0.2, 0) is 11.2 Å². The Balaban J connectivity index is 1.79. The SMILES string of the molecule is Cc1nc(Cl)nc(Cl)c1CCOCC1CCCC1. The van der Waals surface area contributed by atoms with E-state index in [2.05, 4.69) is 9.97 Å². The number of nitrogens with zero attached hydrogens (tertiary/aromatic N) is 2. The molecule has 1 heterocycles. The van der Waals surface area contributed by atoms with Crippen molar-refractivity contribution in [3.8, 4) is 0 Å². The van der Waals surface area contributed by atoms with Crippen LogP contribution in [0.25, 0.3) is 0 Å². The largest absolute Gasteiger partial charge is 0.381 e. The van der Waals surface area contributed by atoms with Gasteiger partial charge >= 0.3 is 0 Å². The van der Waals surface area contributed by atoms with E-state index >= 15 is 0 Å². The number of ether oxygens (including phenoxy) is 1. The Kier molecular flexibility index (Phi) is 5.22. The zero-order valence-electron chi connectivity index (χ0n) is 10.6. The predicted octanol–water partition coefficient (Wildman–Crippen LogP) is 3.84. The lowest BCUT2D eigenvalue weighted by atomic mass is 10.1. The lowest BCUT2D eigenvalue weighted by molar-refractivity contribution is 0.104. The van der Waals surface area contributed by atoms with Gasteiger partial charge in [0.05, 0.1) is 6.61 Å². The standard InChI is InChI=1S/C13H18Cl2N2O/c1-9-11(12(14)17-13(15)16-9)6-7-18-8-10-4-2-3-5-10/h10H,2-8H2,1H3. The molecule has 0 unspecified atom stereocenters. The van der Waals surface area contributed by atoms with Gasteiger partial charge < -0.3 is 4.74 Å². The monoisotopic (exact) mass is 288 g/mol. The highest BCUT2D eigenvalue weighted by atomic mass is 35.5. The Bertz CT molecular complexity index is 383. The molecule has 0 amide bonds. The van der Waals surface area contributed by atoms with E-state index in [9.17, 15) is 0 Å². The normalized spacial score (nSPS) is 16.4. The van der Waals surface area contributed by atoms with Crippen molar-refractivity contribution >= 4 is 23.2 Å². The van der Waals surface area contributed by atoms with Crippen LogP contribution in [0.1, 0.15) is 36.9 Å². The maximum absolute atomic E-state index is 6.05. The molecule has 1 saturated carbocycles. The van der Waals surface area contributed by atoms with Crippen molar-refractivity contribution in [2.75, 3.05) is 13.2 Å². The molecule has 2 rings (SSSR count). The van der Waals surface area contributed by atoms with Gasteiger partial charge in [-0.25, -0.2) is 9.97 Å². The molecule has 0 aliphatic heterocycles. The van der Waals surface area contributed by atoms with E-state index in [1.165, 1.54) is 25.7 Å². The molecule has 1 aromatic rings. The Hall–Kier alpha value is -0.380. The van der Waals surface area contributed by atoms with E-state index in [-0.39, 0.29) is 5.28 Å². The van der Waals surface area contributed by atoms with Crippen molar-refractivity contribution in [2.45, 2.75) is 39.0 Å². The van der Waals surface area contributed by atoms with Crippen LogP contribution in [0.2, 0.25) is 10.4 Å². The second-order valence-corrected chi connectivity index (χ2v) is 5.52. The number of hydrogen-bond donors (Lipinski definition) is 0. The van der Waals surface area contributed by atoms with Crippen molar-refractivity contribution in [2.24, 2.45) is 5.92 Å². The van der Waals surface area contributed by atoms with Crippen LogP contribution in [0.15, 0.2) is 0 Å². The van der Waals surface area contributed by atoms with Crippen LogP contribution in [-0.4, -0.2) is 23.2 Å². The molecule has 1 aliphatic rings. The molecule has 0 aromatic carbocycles. The molecule has 3 nitrogen and oxygen atoms in total. The van der Waals surface area contributed by atoms with Gasteiger partial charge in [0.2, 0.25) is 5.28 Å². The molecule has 100 valence electrons. The highest BCUT2D eigenvalue weighted by Gasteiger charge is 2.15. The summed E-state index contributed by atoms with van der Waals surface area (Å²) in [4.78, 5) is 8.06. The number of aryl methyl sites for hydroxylation is 1. The van der Waals surface area contributed by atoms with Gasteiger partial charge in [0.15, 0.2) is 0 Å². The van der Waals surface area contributed by atoms with Crippen molar-refractivity contribution in [3.05, 3.63) is 21.7 Å². The number of hydrogen-bond acceptors (Lipinski definition) is 3. The maximum Gasteiger partial charge on any atom is 0.224 e. The van der Waals surface area contributed by atoms with Gasteiger partial charge in [0.25, 0.3) is 0 Å². The second kappa shape index (κ2) is 6.69. The van der Waals surface area contributed by atoms with Gasteiger partial charge in [-0.3, -0.25) is 0 Å². The fourth-order valence-corrected chi connectivity index (χ4v) is 2.98. The summed E-state index contributed by atoms with van der Waals surface area (Å²) in [5.41, 5.74) is 1.77. The summed E-state index contributed by atoms with van der Waals surface area (Å²) in [5.74, 6) is 0.753. The molecule has 0 spiro atoms. The average molecular weight is 289 g/mol. The third kappa shape index (κ3) is 3.81. The second-order valence-electron chi connectivity index (χ2n) is 4.82. The smallest absolute Gasteiger partial charge is 0.224 e. The summed E-state index contributed by atoms with van der Waals surface area (Å²) >= 11 is 11.8. The van der Waals surface area contributed by atoms with Gasteiger partial charge in [-0.1, -0.05) is 24.4 Å². The summed E-state index contributed by atoms with van der Waals surface area (Å²) in [6, 6.07) is 0. The van der Waals surface area contributed by atoms with E-state index in [0.29, 0.717) is 11.8 Å². The topological polar surface area (TPSA) is 35.0 Å². The number of rotatable bonds is 5. The molecule has 1 aromatic heterocycles. The highest BCUT2D eigenvalue weighted by Crippen LogP contribution is 2.25. The summed E-state index contributed by atoms with van der Waals surface area (Å²) in [6.07, 6.45) is 6.07. The van der Waals surface area contributed by atoms with Crippen molar-refractivity contribution in [1.82, 2.24) is 9.97 Å². The summed E-state index contributed by atoms with van der Waals surface area (Å²) in [5, 5.41) is 0.644. The van der Waals surface area contributed by atoms with Crippen LogP contribution in [0.3, 0.4) is 0 Å². The summed E-state index contributed by atoms with van der Waals surface area (Å²) in [6.45, 7) is 3.43. The van der Waals surface area contributed by atoms with E-state index < -0.39 is 0 Å². The zero-order valence-corrected chi connectivity index (χ0v) is 12.1. The molecule has 18 heavy (non-hydrogen) atoms. The molecular weight excluding hydrogens is 271 g/mol. The molecule has 0 radical (unpaired) electrons. The number of halogens is 2. The fourth-order valence-electron chi connectivity index (χ4n) is 2.41. The Labute approximate surface area is 118 Å². The van der Waals surface area contributed by atoms with E-state index in [1.807, 2.05) is 6.92 Å².